The number of carbonyl (C=O) groups is 1. The van der Waals surface area contributed by atoms with Gasteiger partial charge in [0, 0.05) is 10.9 Å². The van der Waals surface area contributed by atoms with Crippen LogP contribution in [0.3, 0.4) is 0 Å². The first kappa shape index (κ1) is 16.7. The number of fused-ring (bicyclic) bond motifs is 1. The van der Waals surface area contributed by atoms with E-state index in [0.717, 1.165) is 17.3 Å². The molecule has 2 heterocycles. The van der Waals surface area contributed by atoms with E-state index in [9.17, 15) is 19.1 Å². The number of nitrogens with zero attached hydrogens (tertiary/aromatic N) is 1. The van der Waals surface area contributed by atoms with Gasteiger partial charge in [0.15, 0.2) is 5.16 Å². The maximum absolute atomic E-state index is 13.1. The SMILES string of the molecule is CC(C)(Sc1nc2scc(-c3ccc(F)cc3)c2c(=O)[nH]1)C(=O)O. The van der Waals surface area contributed by atoms with Crippen molar-refractivity contribution in [1.29, 1.82) is 0 Å². The molecule has 2 aromatic heterocycles. The molecule has 24 heavy (non-hydrogen) atoms. The highest BCUT2D eigenvalue weighted by Gasteiger charge is 2.30. The fraction of sp³-hybridized carbons (Fsp3) is 0.188. The van der Waals surface area contributed by atoms with E-state index in [1.807, 2.05) is 0 Å². The Morgan fingerprint density at radius 2 is 2.00 bits per heavy atom. The zero-order valence-electron chi connectivity index (χ0n) is 12.8. The molecule has 0 spiro atoms. The summed E-state index contributed by atoms with van der Waals surface area (Å²) >= 11 is 2.27. The molecule has 0 saturated heterocycles. The topological polar surface area (TPSA) is 83.0 Å². The lowest BCUT2D eigenvalue weighted by Gasteiger charge is -2.16. The lowest BCUT2D eigenvalue weighted by molar-refractivity contribution is -0.138. The van der Waals surface area contributed by atoms with Gasteiger partial charge in [-0.3, -0.25) is 9.59 Å². The average molecular weight is 364 g/mol. The quantitative estimate of drug-likeness (QED) is 0.544. The number of halogens is 1. The van der Waals surface area contributed by atoms with Gasteiger partial charge in [0.25, 0.3) is 5.56 Å². The minimum absolute atomic E-state index is 0.257. The predicted molar refractivity (Wildman–Crippen MR) is 93.2 cm³/mol. The Balaban J connectivity index is 2.07. The van der Waals surface area contributed by atoms with Crippen molar-refractivity contribution in [2.24, 2.45) is 0 Å². The van der Waals surface area contributed by atoms with Gasteiger partial charge in [0.2, 0.25) is 0 Å². The maximum Gasteiger partial charge on any atom is 0.319 e. The summed E-state index contributed by atoms with van der Waals surface area (Å²) in [4.78, 5) is 31.2. The molecule has 1 aromatic carbocycles. The van der Waals surface area contributed by atoms with E-state index in [1.54, 1.807) is 31.4 Å². The first-order valence-corrected chi connectivity index (χ1v) is 8.67. The van der Waals surface area contributed by atoms with Crippen molar-refractivity contribution < 1.29 is 14.3 Å². The summed E-state index contributed by atoms with van der Waals surface area (Å²) in [5, 5.41) is 11.7. The minimum atomic E-state index is -1.11. The molecule has 3 rings (SSSR count). The first-order chi connectivity index (χ1) is 11.3. The number of thiophene rings is 1. The number of nitrogens with one attached hydrogen (secondary N) is 1. The second kappa shape index (κ2) is 6.03. The van der Waals surface area contributed by atoms with Gasteiger partial charge in [-0.05, 0) is 31.5 Å². The van der Waals surface area contributed by atoms with Crippen LogP contribution in [-0.2, 0) is 4.79 Å². The zero-order valence-corrected chi connectivity index (χ0v) is 14.4. The molecule has 124 valence electrons. The number of aliphatic carboxylic acids is 1. The summed E-state index contributed by atoms with van der Waals surface area (Å²) in [6.07, 6.45) is 0. The molecule has 0 saturated carbocycles. The van der Waals surface area contributed by atoms with E-state index in [2.05, 4.69) is 9.97 Å². The van der Waals surface area contributed by atoms with Crippen LogP contribution < -0.4 is 5.56 Å². The molecule has 0 atom stereocenters. The van der Waals surface area contributed by atoms with Gasteiger partial charge in [0.05, 0.1) is 5.39 Å². The lowest BCUT2D eigenvalue weighted by atomic mass is 10.1. The highest BCUT2D eigenvalue weighted by atomic mass is 32.2. The minimum Gasteiger partial charge on any atom is -0.480 e. The van der Waals surface area contributed by atoms with Gasteiger partial charge < -0.3 is 10.1 Å². The molecule has 0 fully saturated rings. The molecular formula is C16H13FN2O3S2. The predicted octanol–water partition coefficient (Wildman–Crippen LogP) is 3.75. The largest absolute Gasteiger partial charge is 0.480 e. The van der Waals surface area contributed by atoms with Crippen LogP contribution in [0.4, 0.5) is 4.39 Å². The molecule has 8 heteroatoms. The molecular weight excluding hydrogens is 351 g/mol. The second-order valence-corrected chi connectivity index (χ2v) is 8.09. The molecule has 0 radical (unpaired) electrons. The van der Waals surface area contributed by atoms with Gasteiger partial charge >= 0.3 is 5.97 Å². The van der Waals surface area contributed by atoms with Crippen molar-refractivity contribution in [3.63, 3.8) is 0 Å². The highest BCUT2D eigenvalue weighted by molar-refractivity contribution is 8.01. The Morgan fingerprint density at radius 3 is 2.62 bits per heavy atom. The smallest absolute Gasteiger partial charge is 0.319 e. The monoisotopic (exact) mass is 364 g/mol. The normalized spacial score (nSPS) is 11.8. The van der Waals surface area contributed by atoms with Gasteiger partial charge in [0.1, 0.15) is 15.4 Å². The van der Waals surface area contributed by atoms with Crippen LogP contribution in [-0.4, -0.2) is 25.8 Å². The van der Waals surface area contributed by atoms with E-state index >= 15 is 0 Å². The molecule has 5 nitrogen and oxygen atoms in total. The van der Waals surface area contributed by atoms with Crippen LogP contribution >= 0.6 is 23.1 Å². The van der Waals surface area contributed by atoms with E-state index in [-0.39, 0.29) is 16.5 Å². The van der Waals surface area contributed by atoms with E-state index in [0.29, 0.717) is 15.8 Å². The second-order valence-electron chi connectivity index (χ2n) is 5.63. The summed E-state index contributed by atoms with van der Waals surface area (Å²) in [6, 6.07) is 5.87. The van der Waals surface area contributed by atoms with Crippen LogP contribution in [0.25, 0.3) is 21.3 Å². The Bertz CT molecular complexity index is 977. The van der Waals surface area contributed by atoms with Gasteiger partial charge in [-0.25, -0.2) is 9.37 Å². The molecule has 0 amide bonds. The van der Waals surface area contributed by atoms with Crippen LogP contribution in [0.5, 0.6) is 0 Å². The molecule has 2 N–H and O–H groups in total. The number of rotatable bonds is 4. The lowest BCUT2D eigenvalue weighted by Crippen LogP contribution is -2.27. The van der Waals surface area contributed by atoms with Crippen LogP contribution in [0.2, 0.25) is 0 Å². The number of H-pyrrole nitrogens is 1. The summed E-state index contributed by atoms with van der Waals surface area (Å²) in [6.45, 7) is 3.09. The Morgan fingerprint density at radius 1 is 1.33 bits per heavy atom. The zero-order chi connectivity index (χ0) is 17.5. The molecule has 0 aliphatic heterocycles. The van der Waals surface area contributed by atoms with Crippen molar-refractivity contribution in [2.75, 3.05) is 0 Å². The van der Waals surface area contributed by atoms with Crippen LogP contribution in [0.1, 0.15) is 13.8 Å². The molecule has 0 bridgehead atoms. The van der Waals surface area contributed by atoms with E-state index in [4.69, 9.17) is 0 Å². The van der Waals surface area contributed by atoms with Gasteiger partial charge in [-0.15, -0.1) is 11.3 Å². The van der Waals surface area contributed by atoms with Crippen molar-refractivity contribution in [3.05, 3.63) is 45.8 Å². The molecule has 0 aliphatic rings. The van der Waals surface area contributed by atoms with Gasteiger partial charge in [-0.1, -0.05) is 23.9 Å². The molecule has 0 unspecified atom stereocenters. The molecule has 0 aliphatic carbocycles. The summed E-state index contributed by atoms with van der Waals surface area (Å²) in [7, 11) is 0. The number of thioether (sulfide) groups is 1. The van der Waals surface area contributed by atoms with Gasteiger partial charge in [-0.2, -0.15) is 0 Å². The Labute approximate surface area is 144 Å². The summed E-state index contributed by atoms with van der Waals surface area (Å²) < 4.78 is 12.0. The third kappa shape index (κ3) is 3.07. The van der Waals surface area contributed by atoms with Crippen molar-refractivity contribution in [2.45, 2.75) is 23.8 Å². The maximum atomic E-state index is 13.1. The number of carboxylic acids is 1. The van der Waals surface area contributed by atoms with Crippen LogP contribution in [0, 0.1) is 5.82 Å². The van der Waals surface area contributed by atoms with E-state index < -0.39 is 10.7 Å². The fourth-order valence-electron chi connectivity index (χ4n) is 2.10. The number of benzene rings is 1. The third-order valence-corrected chi connectivity index (χ3v) is 5.39. The number of carboxylic acid groups (broad SMARTS) is 1. The first-order valence-electron chi connectivity index (χ1n) is 6.98. The Hall–Kier alpha value is -2.19. The standard InChI is InChI=1S/C16H13FN2O3S2/c1-16(2,14(21)22)24-15-18-12(20)11-10(7-23-13(11)19-15)8-3-5-9(17)6-4-8/h3-7H,1-2H3,(H,21,22)(H,18,19,20). The number of aromatic amines is 1. The van der Waals surface area contributed by atoms with Crippen molar-refractivity contribution in [3.8, 4) is 11.1 Å². The van der Waals surface area contributed by atoms with Crippen molar-refractivity contribution in [1.82, 2.24) is 9.97 Å². The van der Waals surface area contributed by atoms with Crippen LogP contribution in [0.15, 0.2) is 39.6 Å². The Kier molecular flexibility index (Phi) is 4.18. The summed E-state index contributed by atoms with van der Waals surface area (Å²) in [5.41, 5.74) is 1.06. The van der Waals surface area contributed by atoms with E-state index in [1.165, 1.54) is 23.5 Å². The number of hydrogen-bond donors (Lipinski definition) is 2. The molecule has 3 aromatic rings. The number of hydrogen-bond acceptors (Lipinski definition) is 5. The third-order valence-electron chi connectivity index (χ3n) is 3.44. The van der Waals surface area contributed by atoms with Crippen molar-refractivity contribution >= 4 is 39.3 Å². The average Bonchev–Trinajstić information content (AvgIpc) is 2.91. The highest BCUT2D eigenvalue weighted by Crippen LogP contribution is 2.34. The number of aromatic nitrogens is 2. The summed E-state index contributed by atoms with van der Waals surface area (Å²) in [5.74, 6) is -1.34. The fourth-order valence-corrected chi connectivity index (χ4v) is 3.96.